The molecule has 2 aliphatic rings. The van der Waals surface area contributed by atoms with Gasteiger partial charge in [0.15, 0.2) is 0 Å². The van der Waals surface area contributed by atoms with E-state index in [1.165, 1.54) is 5.56 Å². The minimum Gasteiger partial charge on any atom is -0.391 e. The monoisotopic (exact) mass is 381 g/mol. The van der Waals surface area contributed by atoms with E-state index in [0.29, 0.717) is 38.5 Å². The third-order valence-electron chi connectivity index (χ3n) is 5.24. The highest BCUT2D eigenvalue weighted by atomic mass is 35.5. The molecule has 0 radical (unpaired) electrons. The molecule has 144 valence electrons. The number of nitrogens with one attached hydrogen (secondary N) is 2. The molecule has 3 N–H and O–H groups in total. The number of hydrogen-bond acceptors (Lipinski definition) is 4. The normalized spacial score (nSPS) is 25.5. The smallest absolute Gasteiger partial charge is 0.239 e. The largest absolute Gasteiger partial charge is 0.391 e. The summed E-state index contributed by atoms with van der Waals surface area (Å²) in [5.74, 6) is -0.538. The molecule has 0 aromatic heterocycles. The second-order valence-electron chi connectivity index (χ2n) is 7.31. The van der Waals surface area contributed by atoms with Crippen LogP contribution in [0.25, 0.3) is 0 Å². The van der Waals surface area contributed by atoms with Crippen LogP contribution in [-0.2, 0) is 9.59 Å². The number of carbonyl (C=O) groups excluding carboxylic acids is 2. The van der Waals surface area contributed by atoms with E-state index in [0.717, 1.165) is 5.69 Å². The Labute approximate surface area is 160 Å². The molecule has 1 aromatic rings. The fourth-order valence-electron chi connectivity index (χ4n) is 3.50. The van der Waals surface area contributed by atoms with Gasteiger partial charge < -0.3 is 20.6 Å². The minimum absolute atomic E-state index is 0. The molecule has 3 atom stereocenters. The zero-order valence-corrected chi connectivity index (χ0v) is 16.1. The van der Waals surface area contributed by atoms with Gasteiger partial charge in [-0.25, -0.2) is 0 Å². The van der Waals surface area contributed by atoms with E-state index in [2.05, 4.69) is 24.5 Å². The molecule has 1 aromatic carbocycles. The number of amides is 2. The Morgan fingerprint density at radius 1 is 1.31 bits per heavy atom. The number of β-amino-alcohol motifs (C(OH)–C–C–N with tert-alkyl or cyclic N) is 1. The van der Waals surface area contributed by atoms with Crippen molar-refractivity contribution in [2.75, 3.05) is 31.1 Å². The molecule has 26 heavy (non-hydrogen) atoms. The Morgan fingerprint density at radius 3 is 2.58 bits per heavy atom. The first-order valence-corrected chi connectivity index (χ1v) is 9.05. The molecule has 0 spiro atoms. The average molecular weight is 382 g/mol. The SMILES string of the molecule is CC(C)c1ccc(N2CCC(C(=O)NCC3CNCC3O)C2=O)cc1.Cl. The molecule has 2 amide bonds. The predicted octanol–water partition coefficient (Wildman–Crippen LogP) is 1.28. The van der Waals surface area contributed by atoms with Crippen LogP contribution >= 0.6 is 12.4 Å². The van der Waals surface area contributed by atoms with E-state index < -0.39 is 12.0 Å². The molecule has 0 bridgehead atoms. The van der Waals surface area contributed by atoms with Crippen LogP contribution < -0.4 is 15.5 Å². The summed E-state index contributed by atoms with van der Waals surface area (Å²) in [5, 5.41) is 15.7. The van der Waals surface area contributed by atoms with Gasteiger partial charge >= 0.3 is 0 Å². The van der Waals surface area contributed by atoms with Crippen LogP contribution in [0.3, 0.4) is 0 Å². The number of aliphatic hydroxyl groups is 1. The van der Waals surface area contributed by atoms with Crippen LogP contribution in [0.5, 0.6) is 0 Å². The van der Waals surface area contributed by atoms with Gasteiger partial charge in [-0.05, 0) is 30.0 Å². The van der Waals surface area contributed by atoms with Gasteiger partial charge in [0.2, 0.25) is 11.8 Å². The second-order valence-corrected chi connectivity index (χ2v) is 7.31. The molecule has 7 heteroatoms. The highest BCUT2D eigenvalue weighted by Gasteiger charge is 2.38. The van der Waals surface area contributed by atoms with Gasteiger partial charge in [-0.15, -0.1) is 12.4 Å². The van der Waals surface area contributed by atoms with Crippen molar-refractivity contribution in [1.82, 2.24) is 10.6 Å². The molecule has 2 saturated heterocycles. The summed E-state index contributed by atoms with van der Waals surface area (Å²) < 4.78 is 0. The van der Waals surface area contributed by atoms with Crippen molar-refractivity contribution in [3.05, 3.63) is 29.8 Å². The third kappa shape index (κ3) is 4.37. The van der Waals surface area contributed by atoms with E-state index >= 15 is 0 Å². The van der Waals surface area contributed by atoms with Crippen molar-refractivity contribution < 1.29 is 14.7 Å². The van der Waals surface area contributed by atoms with E-state index in [4.69, 9.17) is 0 Å². The van der Waals surface area contributed by atoms with Gasteiger partial charge in [-0.1, -0.05) is 26.0 Å². The number of anilines is 1. The van der Waals surface area contributed by atoms with Crippen molar-refractivity contribution in [2.24, 2.45) is 11.8 Å². The van der Waals surface area contributed by atoms with Crippen molar-refractivity contribution in [1.29, 1.82) is 0 Å². The Hall–Kier alpha value is -1.63. The maximum Gasteiger partial charge on any atom is 0.239 e. The summed E-state index contributed by atoms with van der Waals surface area (Å²) in [5.41, 5.74) is 2.08. The lowest BCUT2D eigenvalue weighted by molar-refractivity contribution is -0.132. The first-order chi connectivity index (χ1) is 12.0. The first kappa shape index (κ1) is 20.7. The third-order valence-corrected chi connectivity index (χ3v) is 5.24. The minimum atomic E-state index is -0.628. The summed E-state index contributed by atoms with van der Waals surface area (Å²) in [6, 6.07) is 7.98. The van der Waals surface area contributed by atoms with Crippen LogP contribution in [0.2, 0.25) is 0 Å². The number of halogens is 1. The van der Waals surface area contributed by atoms with Gasteiger partial charge in [-0.3, -0.25) is 9.59 Å². The molecule has 6 nitrogen and oxygen atoms in total. The predicted molar refractivity (Wildman–Crippen MR) is 104 cm³/mol. The Bertz CT molecular complexity index is 635. The van der Waals surface area contributed by atoms with Crippen LogP contribution in [0.1, 0.15) is 31.7 Å². The highest BCUT2D eigenvalue weighted by Crippen LogP contribution is 2.27. The Kier molecular flexibility index (Phi) is 7.03. The summed E-state index contributed by atoms with van der Waals surface area (Å²) in [6.45, 7) is 6.48. The van der Waals surface area contributed by atoms with Gasteiger partial charge in [0.25, 0.3) is 0 Å². The fourth-order valence-corrected chi connectivity index (χ4v) is 3.50. The van der Waals surface area contributed by atoms with Crippen LogP contribution in [0.4, 0.5) is 5.69 Å². The Morgan fingerprint density at radius 2 is 2.00 bits per heavy atom. The van der Waals surface area contributed by atoms with Gasteiger partial charge in [-0.2, -0.15) is 0 Å². The van der Waals surface area contributed by atoms with Crippen LogP contribution in [0.15, 0.2) is 24.3 Å². The average Bonchev–Trinajstić information content (AvgIpc) is 3.18. The first-order valence-electron chi connectivity index (χ1n) is 9.05. The van der Waals surface area contributed by atoms with Crippen molar-refractivity contribution in [3.8, 4) is 0 Å². The van der Waals surface area contributed by atoms with Crippen molar-refractivity contribution in [3.63, 3.8) is 0 Å². The number of aliphatic hydroxyl groups excluding tert-OH is 1. The molecule has 2 fully saturated rings. The summed E-state index contributed by atoms with van der Waals surface area (Å²) in [4.78, 5) is 26.7. The van der Waals surface area contributed by atoms with Crippen molar-refractivity contribution in [2.45, 2.75) is 32.3 Å². The second kappa shape index (κ2) is 8.84. The van der Waals surface area contributed by atoms with E-state index in [-0.39, 0.29) is 30.1 Å². The zero-order chi connectivity index (χ0) is 18.0. The van der Waals surface area contributed by atoms with Gasteiger partial charge in [0, 0.05) is 37.8 Å². The lowest BCUT2D eigenvalue weighted by Crippen LogP contribution is -2.40. The van der Waals surface area contributed by atoms with Crippen LogP contribution in [-0.4, -0.2) is 49.2 Å². The molecule has 2 aliphatic heterocycles. The standard InChI is InChI=1S/C19H27N3O3.ClH/c1-12(2)13-3-5-15(6-4-13)22-8-7-16(19(22)25)18(24)21-10-14-9-20-11-17(14)23;/h3-6,12,14,16-17,20,23H,7-11H2,1-2H3,(H,21,24);1H. The number of nitrogens with zero attached hydrogens (tertiary/aromatic N) is 1. The lowest BCUT2D eigenvalue weighted by atomic mass is 10.0. The maximum atomic E-state index is 12.6. The summed E-state index contributed by atoms with van der Waals surface area (Å²) in [6.07, 6.45) is 0.0952. The molecular formula is C19H28ClN3O3. The topological polar surface area (TPSA) is 81.7 Å². The molecule has 3 unspecified atom stereocenters. The van der Waals surface area contributed by atoms with E-state index in [1.54, 1.807) is 4.90 Å². The number of rotatable bonds is 5. The zero-order valence-electron chi connectivity index (χ0n) is 15.3. The van der Waals surface area contributed by atoms with Crippen LogP contribution in [0, 0.1) is 11.8 Å². The number of hydrogen-bond donors (Lipinski definition) is 3. The molecule has 3 rings (SSSR count). The van der Waals surface area contributed by atoms with Crippen molar-refractivity contribution >= 4 is 29.9 Å². The van der Waals surface area contributed by atoms with Gasteiger partial charge in [0.1, 0.15) is 5.92 Å². The molecule has 0 saturated carbocycles. The summed E-state index contributed by atoms with van der Waals surface area (Å²) >= 11 is 0. The molecule has 2 heterocycles. The highest BCUT2D eigenvalue weighted by molar-refractivity contribution is 6.09. The van der Waals surface area contributed by atoms with E-state index in [1.807, 2.05) is 24.3 Å². The van der Waals surface area contributed by atoms with Gasteiger partial charge in [0.05, 0.1) is 6.10 Å². The van der Waals surface area contributed by atoms with E-state index in [9.17, 15) is 14.7 Å². The lowest BCUT2D eigenvalue weighted by Gasteiger charge is -2.18. The molecular weight excluding hydrogens is 354 g/mol. The fraction of sp³-hybridized carbons (Fsp3) is 0.579. The maximum absolute atomic E-state index is 12.6. The quantitative estimate of drug-likeness (QED) is 0.671. The number of benzene rings is 1. The Balaban J connectivity index is 0.00000243. The number of carbonyl (C=O) groups is 2. The summed E-state index contributed by atoms with van der Waals surface area (Å²) in [7, 11) is 0. The molecule has 0 aliphatic carbocycles.